The van der Waals surface area contributed by atoms with Crippen molar-refractivity contribution in [2.75, 3.05) is 5.32 Å². The molecule has 6 nitrogen and oxygen atoms in total. The Labute approximate surface area is 146 Å². The number of hydrogen-bond donors (Lipinski definition) is 1. The number of hydrogen-bond acceptors (Lipinski definition) is 4. The van der Waals surface area contributed by atoms with Crippen LogP contribution in [0, 0.1) is 13.8 Å². The third kappa shape index (κ3) is 2.70. The van der Waals surface area contributed by atoms with Gasteiger partial charge >= 0.3 is 0 Å². The van der Waals surface area contributed by atoms with Gasteiger partial charge in [0.1, 0.15) is 10.9 Å². The lowest BCUT2D eigenvalue weighted by Crippen LogP contribution is -2.45. The van der Waals surface area contributed by atoms with Gasteiger partial charge < -0.3 is 5.32 Å². The van der Waals surface area contributed by atoms with Gasteiger partial charge in [-0.1, -0.05) is 24.3 Å². The Hall–Kier alpha value is -2.67. The molecule has 0 bridgehead atoms. The van der Waals surface area contributed by atoms with Crippen LogP contribution in [-0.4, -0.2) is 30.6 Å². The third-order valence-corrected chi connectivity index (χ3v) is 6.36. The van der Waals surface area contributed by atoms with E-state index in [0.717, 1.165) is 11.1 Å². The fourth-order valence-corrected chi connectivity index (χ4v) is 4.54. The van der Waals surface area contributed by atoms with Crippen molar-refractivity contribution in [3.63, 3.8) is 0 Å². The molecule has 2 aromatic rings. The largest absolute Gasteiger partial charge is 0.324 e. The van der Waals surface area contributed by atoms with Crippen molar-refractivity contribution in [1.82, 2.24) is 4.31 Å². The second kappa shape index (κ2) is 6.00. The number of benzene rings is 2. The van der Waals surface area contributed by atoms with Gasteiger partial charge in [0.25, 0.3) is 15.9 Å². The van der Waals surface area contributed by atoms with Gasteiger partial charge in [0, 0.05) is 5.69 Å². The Morgan fingerprint density at radius 3 is 2.44 bits per heavy atom. The highest BCUT2D eigenvalue weighted by molar-refractivity contribution is 7.90. The maximum absolute atomic E-state index is 12.6. The molecule has 0 spiro atoms. The van der Waals surface area contributed by atoms with Gasteiger partial charge in [0.05, 0.1) is 5.56 Å². The van der Waals surface area contributed by atoms with E-state index in [1.807, 2.05) is 19.9 Å². The number of carbonyl (C=O) groups excluding carboxylic acids is 2. The summed E-state index contributed by atoms with van der Waals surface area (Å²) in [6.07, 6.45) is 0. The lowest BCUT2D eigenvalue weighted by Gasteiger charge is -2.23. The topological polar surface area (TPSA) is 83.6 Å². The average molecular weight is 358 g/mol. The lowest BCUT2D eigenvalue weighted by molar-refractivity contribution is -0.118. The van der Waals surface area contributed by atoms with E-state index in [1.54, 1.807) is 24.3 Å². The minimum atomic E-state index is -4.03. The third-order valence-electron chi connectivity index (χ3n) is 4.45. The van der Waals surface area contributed by atoms with E-state index in [2.05, 4.69) is 5.32 Å². The molecule has 0 aromatic heterocycles. The smallest absolute Gasteiger partial charge is 0.269 e. The maximum Gasteiger partial charge on any atom is 0.269 e. The van der Waals surface area contributed by atoms with Gasteiger partial charge in [-0.25, -0.2) is 12.7 Å². The Kier molecular flexibility index (Phi) is 4.12. The van der Waals surface area contributed by atoms with Crippen LogP contribution in [0.1, 0.15) is 28.4 Å². The van der Waals surface area contributed by atoms with Gasteiger partial charge in [0.15, 0.2) is 0 Å². The molecule has 0 radical (unpaired) electrons. The Bertz CT molecular complexity index is 982. The monoisotopic (exact) mass is 358 g/mol. The molecule has 1 heterocycles. The second-order valence-electron chi connectivity index (χ2n) is 6.01. The molecule has 0 aliphatic carbocycles. The molecule has 0 saturated carbocycles. The van der Waals surface area contributed by atoms with E-state index in [9.17, 15) is 18.0 Å². The summed E-state index contributed by atoms with van der Waals surface area (Å²) in [6, 6.07) is 10.3. The maximum atomic E-state index is 12.6. The molecule has 130 valence electrons. The first-order chi connectivity index (χ1) is 11.7. The molecule has 0 saturated heterocycles. The quantitative estimate of drug-likeness (QED) is 0.914. The van der Waals surface area contributed by atoms with Crippen molar-refractivity contribution in [1.29, 1.82) is 0 Å². The van der Waals surface area contributed by atoms with E-state index < -0.39 is 27.9 Å². The van der Waals surface area contributed by atoms with Gasteiger partial charge in [-0.15, -0.1) is 0 Å². The Balaban J connectivity index is 1.91. The molecule has 3 rings (SSSR count). The zero-order valence-electron chi connectivity index (χ0n) is 14.1. The van der Waals surface area contributed by atoms with Crippen molar-refractivity contribution >= 4 is 27.5 Å². The highest BCUT2D eigenvalue weighted by Crippen LogP contribution is 2.32. The van der Waals surface area contributed by atoms with Crippen molar-refractivity contribution < 1.29 is 18.0 Å². The fraction of sp³-hybridized carbons (Fsp3) is 0.222. The first-order valence-corrected chi connectivity index (χ1v) is 9.24. The van der Waals surface area contributed by atoms with Crippen LogP contribution in [0.25, 0.3) is 0 Å². The van der Waals surface area contributed by atoms with Crippen LogP contribution in [0.5, 0.6) is 0 Å². The van der Waals surface area contributed by atoms with Crippen LogP contribution in [0.4, 0.5) is 5.69 Å². The normalized spacial score (nSPS) is 16.4. The minimum absolute atomic E-state index is 0.0635. The molecule has 1 aliphatic heterocycles. The summed E-state index contributed by atoms with van der Waals surface area (Å²) >= 11 is 0. The summed E-state index contributed by atoms with van der Waals surface area (Å²) in [5.41, 5.74) is 2.58. The van der Waals surface area contributed by atoms with Crippen LogP contribution in [0.15, 0.2) is 47.4 Å². The number of nitrogens with one attached hydrogen (secondary N) is 1. The number of rotatable bonds is 3. The molecular weight excluding hydrogens is 340 g/mol. The predicted octanol–water partition coefficient (Wildman–Crippen LogP) is 2.48. The summed E-state index contributed by atoms with van der Waals surface area (Å²) in [5, 5.41) is 2.72. The minimum Gasteiger partial charge on any atom is -0.324 e. The van der Waals surface area contributed by atoms with E-state index in [4.69, 9.17) is 0 Å². The molecule has 1 aliphatic rings. The summed E-state index contributed by atoms with van der Waals surface area (Å²) in [5.74, 6) is -1.24. The lowest BCUT2D eigenvalue weighted by atomic mass is 10.1. The van der Waals surface area contributed by atoms with Crippen molar-refractivity contribution in [2.45, 2.75) is 31.7 Å². The molecule has 2 amide bonds. The number of amides is 2. The molecule has 25 heavy (non-hydrogen) atoms. The van der Waals surface area contributed by atoms with E-state index in [1.165, 1.54) is 19.1 Å². The SMILES string of the molecule is Cc1cccc(NC(=O)[C@@H](C)N2C(=O)c3ccccc3S2(=O)=O)c1C. The standard InChI is InChI=1S/C18H18N2O4S/c1-11-7-6-9-15(12(11)2)19-17(21)13(3)20-18(22)14-8-4-5-10-16(14)25(20,23)24/h4-10,13H,1-3H3,(H,19,21)/t13-/m1/s1. The summed E-state index contributed by atoms with van der Waals surface area (Å²) in [4.78, 5) is 25.0. The first-order valence-electron chi connectivity index (χ1n) is 7.80. The number of nitrogens with zero attached hydrogens (tertiary/aromatic N) is 1. The number of anilines is 1. The first kappa shape index (κ1) is 17.2. The van der Waals surface area contributed by atoms with E-state index in [-0.39, 0.29) is 10.5 Å². The molecular formula is C18H18N2O4S. The van der Waals surface area contributed by atoms with Gasteiger partial charge in [0.2, 0.25) is 5.91 Å². The van der Waals surface area contributed by atoms with Crippen LogP contribution < -0.4 is 5.32 Å². The van der Waals surface area contributed by atoms with E-state index in [0.29, 0.717) is 9.99 Å². The molecule has 1 N–H and O–H groups in total. The molecule has 7 heteroatoms. The summed E-state index contributed by atoms with van der Waals surface area (Å²) in [7, 11) is -4.03. The van der Waals surface area contributed by atoms with Crippen molar-refractivity contribution in [3.05, 3.63) is 59.2 Å². The highest BCUT2D eigenvalue weighted by atomic mass is 32.2. The zero-order chi connectivity index (χ0) is 18.4. The number of sulfonamides is 1. The number of fused-ring (bicyclic) bond motifs is 1. The van der Waals surface area contributed by atoms with Gasteiger partial charge in [-0.3, -0.25) is 9.59 Å². The van der Waals surface area contributed by atoms with Crippen LogP contribution >= 0.6 is 0 Å². The highest BCUT2D eigenvalue weighted by Gasteiger charge is 2.45. The van der Waals surface area contributed by atoms with E-state index >= 15 is 0 Å². The number of carbonyl (C=O) groups is 2. The molecule has 0 unspecified atom stereocenters. The van der Waals surface area contributed by atoms with Gasteiger partial charge in [-0.2, -0.15) is 0 Å². The van der Waals surface area contributed by atoms with Crippen LogP contribution in [-0.2, 0) is 14.8 Å². The number of aryl methyl sites for hydroxylation is 1. The van der Waals surface area contributed by atoms with Crippen molar-refractivity contribution in [3.8, 4) is 0 Å². The van der Waals surface area contributed by atoms with Crippen LogP contribution in [0.2, 0.25) is 0 Å². The predicted molar refractivity (Wildman–Crippen MR) is 93.8 cm³/mol. The molecule has 1 atom stereocenters. The fourth-order valence-electron chi connectivity index (χ4n) is 2.82. The summed E-state index contributed by atoms with van der Waals surface area (Å²) < 4.78 is 25.9. The van der Waals surface area contributed by atoms with Gasteiger partial charge in [-0.05, 0) is 50.1 Å². The molecule has 0 fully saturated rings. The van der Waals surface area contributed by atoms with Crippen LogP contribution in [0.3, 0.4) is 0 Å². The average Bonchev–Trinajstić information content (AvgIpc) is 2.78. The Morgan fingerprint density at radius 1 is 1.08 bits per heavy atom. The Morgan fingerprint density at radius 2 is 1.76 bits per heavy atom. The second-order valence-corrected chi connectivity index (χ2v) is 7.80. The zero-order valence-corrected chi connectivity index (χ0v) is 14.9. The summed E-state index contributed by atoms with van der Waals surface area (Å²) in [6.45, 7) is 5.19. The van der Waals surface area contributed by atoms with Crippen molar-refractivity contribution in [2.24, 2.45) is 0 Å². The molecule has 2 aromatic carbocycles.